The fourth-order valence-electron chi connectivity index (χ4n) is 1.74. The highest BCUT2D eigenvalue weighted by atomic mass is 15.1. The van der Waals surface area contributed by atoms with Gasteiger partial charge >= 0.3 is 0 Å². The number of nitrogens with two attached hydrogens (primary N) is 1. The molecule has 0 saturated heterocycles. The molecule has 0 bridgehead atoms. The van der Waals surface area contributed by atoms with Gasteiger partial charge in [-0.3, -0.25) is 0 Å². The summed E-state index contributed by atoms with van der Waals surface area (Å²) in [6.45, 7) is 10.5. The first-order chi connectivity index (χ1) is 8.15. The molecule has 96 valence electrons. The minimum atomic E-state index is 0.517. The number of nitrogen functional groups attached to an aromatic ring is 1. The van der Waals surface area contributed by atoms with E-state index >= 15 is 0 Å². The molecule has 1 aromatic heterocycles. The number of hydrogen-bond acceptors (Lipinski definition) is 5. The molecule has 0 aliphatic carbocycles. The van der Waals surface area contributed by atoms with E-state index in [1.54, 1.807) is 6.07 Å². The van der Waals surface area contributed by atoms with Gasteiger partial charge in [0.1, 0.15) is 17.5 Å². The summed E-state index contributed by atoms with van der Waals surface area (Å²) >= 11 is 0. The Morgan fingerprint density at radius 1 is 1.29 bits per heavy atom. The lowest BCUT2D eigenvalue weighted by Gasteiger charge is -2.17. The van der Waals surface area contributed by atoms with Crippen LogP contribution in [0.25, 0.3) is 0 Å². The van der Waals surface area contributed by atoms with E-state index in [0.717, 1.165) is 38.4 Å². The number of nitrogens with one attached hydrogen (secondary N) is 1. The molecule has 0 fully saturated rings. The van der Waals surface area contributed by atoms with E-state index < -0.39 is 0 Å². The maximum atomic E-state index is 5.66. The van der Waals surface area contributed by atoms with Crippen LogP contribution in [-0.4, -0.2) is 41.0 Å². The molecule has 0 aliphatic heterocycles. The highest BCUT2D eigenvalue weighted by Gasteiger charge is 2.00. The highest BCUT2D eigenvalue weighted by molar-refractivity contribution is 5.44. The zero-order chi connectivity index (χ0) is 12.7. The summed E-state index contributed by atoms with van der Waals surface area (Å²) in [6.07, 6.45) is 1.10. The lowest BCUT2D eigenvalue weighted by atomic mass is 10.3. The van der Waals surface area contributed by atoms with Gasteiger partial charge in [0.25, 0.3) is 0 Å². The van der Waals surface area contributed by atoms with Crippen molar-refractivity contribution in [2.45, 2.75) is 27.2 Å². The van der Waals surface area contributed by atoms with Crippen molar-refractivity contribution >= 4 is 11.6 Å². The topological polar surface area (TPSA) is 67.1 Å². The third-order valence-corrected chi connectivity index (χ3v) is 2.71. The third kappa shape index (κ3) is 4.99. The van der Waals surface area contributed by atoms with Gasteiger partial charge in [0.05, 0.1) is 0 Å². The van der Waals surface area contributed by atoms with Crippen molar-refractivity contribution in [1.82, 2.24) is 14.9 Å². The van der Waals surface area contributed by atoms with Crippen molar-refractivity contribution in [2.75, 3.05) is 37.2 Å². The Morgan fingerprint density at radius 3 is 2.59 bits per heavy atom. The van der Waals surface area contributed by atoms with Crippen LogP contribution in [0.4, 0.5) is 11.6 Å². The Kier molecular flexibility index (Phi) is 5.69. The normalized spacial score (nSPS) is 10.8. The lowest BCUT2D eigenvalue weighted by Crippen LogP contribution is -2.25. The molecular weight excluding hydrogens is 214 g/mol. The van der Waals surface area contributed by atoms with Crippen LogP contribution in [0.3, 0.4) is 0 Å². The molecule has 1 heterocycles. The molecule has 17 heavy (non-hydrogen) atoms. The van der Waals surface area contributed by atoms with Gasteiger partial charge in [0, 0.05) is 12.6 Å². The van der Waals surface area contributed by atoms with Gasteiger partial charge in [-0.15, -0.1) is 0 Å². The quantitative estimate of drug-likeness (QED) is 0.704. The number of hydrogen-bond donors (Lipinski definition) is 2. The van der Waals surface area contributed by atoms with E-state index in [1.807, 2.05) is 6.92 Å². The summed E-state index contributed by atoms with van der Waals surface area (Å²) < 4.78 is 0. The number of anilines is 2. The summed E-state index contributed by atoms with van der Waals surface area (Å²) in [5, 5.41) is 3.27. The van der Waals surface area contributed by atoms with Crippen LogP contribution in [0.15, 0.2) is 6.07 Å². The maximum absolute atomic E-state index is 5.66. The van der Waals surface area contributed by atoms with Gasteiger partial charge in [0.2, 0.25) is 0 Å². The lowest BCUT2D eigenvalue weighted by molar-refractivity contribution is 0.303. The fourth-order valence-corrected chi connectivity index (χ4v) is 1.74. The van der Waals surface area contributed by atoms with Crippen LogP contribution in [0.5, 0.6) is 0 Å². The molecule has 0 atom stereocenters. The Morgan fingerprint density at radius 2 is 2.00 bits per heavy atom. The first kappa shape index (κ1) is 13.7. The van der Waals surface area contributed by atoms with Gasteiger partial charge in [0.15, 0.2) is 0 Å². The Hall–Kier alpha value is -1.36. The van der Waals surface area contributed by atoms with Crippen molar-refractivity contribution in [2.24, 2.45) is 0 Å². The molecule has 0 unspecified atom stereocenters. The SMILES string of the molecule is CCN(CC)CCCNc1cc(N)nc(C)n1. The molecule has 0 radical (unpaired) electrons. The average molecular weight is 237 g/mol. The molecule has 0 saturated carbocycles. The van der Waals surface area contributed by atoms with Gasteiger partial charge < -0.3 is 16.0 Å². The summed E-state index contributed by atoms with van der Waals surface area (Å²) in [4.78, 5) is 10.7. The molecule has 0 amide bonds. The number of nitrogens with zero attached hydrogens (tertiary/aromatic N) is 3. The molecule has 0 aromatic carbocycles. The second-order valence-electron chi connectivity index (χ2n) is 4.03. The number of aromatic nitrogens is 2. The van der Waals surface area contributed by atoms with Crippen molar-refractivity contribution in [3.05, 3.63) is 11.9 Å². The zero-order valence-electron chi connectivity index (χ0n) is 11.0. The van der Waals surface area contributed by atoms with Gasteiger partial charge in [-0.05, 0) is 33.0 Å². The first-order valence-electron chi connectivity index (χ1n) is 6.23. The number of rotatable bonds is 7. The molecule has 1 aromatic rings. The van der Waals surface area contributed by atoms with E-state index in [1.165, 1.54) is 0 Å². The van der Waals surface area contributed by atoms with Crippen molar-refractivity contribution in [3.8, 4) is 0 Å². The molecular formula is C12H23N5. The average Bonchev–Trinajstić information content (AvgIpc) is 2.28. The Balaban J connectivity index is 2.31. The van der Waals surface area contributed by atoms with Gasteiger partial charge in [-0.1, -0.05) is 13.8 Å². The smallest absolute Gasteiger partial charge is 0.131 e. The first-order valence-corrected chi connectivity index (χ1v) is 6.23. The molecule has 0 aliphatic rings. The Labute approximate surface area is 103 Å². The predicted molar refractivity (Wildman–Crippen MR) is 72.1 cm³/mol. The molecule has 5 nitrogen and oxygen atoms in total. The van der Waals surface area contributed by atoms with Crippen LogP contribution >= 0.6 is 0 Å². The van der Waals surface area contributed by atoms with Crippen molar-refractivity contribution in [3.63, 3.8) is 0 Å². The van der Waals surface area contributed by atoms with Crippen LogP contribution in [0, 0.1) is 6.92 Å². The fraction of sp³-hybridized carbons (Fsp3) is 0.667. The van der Waals surface area contributed by atoms with Gasteiger partial charge in [-0.25, -0.2) is 9.97 Å². The monoisotopic (exact) mass is 237 g/mol. The van der Waals surface area contributed by atoms with Gasteiger partial charge in [-0.2, -0.15) is 0 Å². The summed E-state index contributed by atoms with van der Waals surface area (Å²) in [5.41, 5.74) is 5.66. The van der Waals surface area contributed by atoms with E-state index in [9.17, 15) is 0 Å². The zero-order valence-corrected chi connectivity index (χ0v) is 11.0. The molecule has 5 heteroatoms. The van der Waals surface area contributed by atoms with E-state index in [2.05, 4.69) is 34.0 Å². The minimum absolute atomic E-state index is 0.517. The summed E-state index contributed by atoms with van der Waals surface area (Å²) in [6, 6.07) is 1.77. The largest absolute Gasteiger partial charge is 0.384 e. The second-order valence-corrected chi connectivity index (χ2v) is 4.03. The Bertz CT molecular complexity index is 315. The van der Waals surface area contributed by atoms with Crippen LogP contribution in [-0.2, 0) is 0 Å². The molecule has 3 N–H and O–H groups in total. The van der Waals surface area contributed by atoms with E-state index in [4.69, 9.17) is 5.73 Å². The van der Waals surface area contributed by atoms with Crippen molar-refractivity contribution in [1.29, 1.82) is 0 Å². The summed E-state index contributed by atoms with van der Waals surface area (Å²) in [7, 11) is 0. The van der Waals surface area contributed by atoms with Crippen LogP contribution < -0.4 is 11.1 Å². The molecule has 1 rings (SSSR count). The van der Waals surface area contributed by atoms with Crippen molar-refractivity contribution < 1.29 is 0 Å². The third-order valence-electron chi connectivity index (χ3n) is 2.71. The van der Waals surface area contributed by atoms with E-state index in [0.29, 0.717) is 11.6 Å². The molecule has 0 spiro atoms. The van der Waals surface area contributed by atoms with Crippen LogP contribution in [0.1, 0.15) is 26.1 Å². The standard InChI is InChI=1S/C12H23N5/c1-4-17(5-2)8-6-7-14-12-9-11(13)15-10(3)16-12/h9H,4-8H2,1-3H3,(H3,13,14,15,16). The maximum Gasteiger partial charge on any atom is 0.131 e. The minimum Gasteiger partial charge on any atom is -0.384 e. The summed E-state index contributed by atoms with van der Waals surface area (Å²) in [5.74, 6) is 2.04. The second kappa shape index (κ2) is 7.06. The van der Waals surface area contributed by atoms with Crippen LogP contribution in [0.2, 0.25) is 0 Å². The van der Waals surface area contributed by atoms with E-state index in [-0.39, 0.29) is 0 Å². The number of aryl methyl sites for hydroxylation is 1. The predicted octanol–water partition coefficient (Wildman–Crippen LogP) is 1.51. The highest BCUT2D eigenvalue weighted by Crippen LogP contribution is 2.07.